The number of nitrogens with zero attached hydrogens (tertiary/aromatic N) is 3. The molecule has 3 heterocycles. The van der Waals surface area contributed by atoms with Gasteiger partial charge in [-0.25, -0.2) is 4.79 Å². The van der Waals surface area contributed by atoms with Gasteiger partial charge in [-0.05, 0) is 24.1 Å². The average Bonchev–Trinajstić information content (AvgIpc) is 2.61. The molecule has 0 bridgehead atoms. The number of nitrogens with one attached hydrogen (secondary N) is 1. The van der Waals surface area contributed by atoms with Crippen LogP contribution in [0.25, 0.3) is 0 Å². The molecule has 25 heavy (non-hydrogen) atoms. The Morgan fingerprint density at radius 1 is 1.36 bits per heavy atom. The Balaban J connectivity index is 1.71. The normalized spacial score (nSPS) is 13.4. The second-order valence-electron chi connectivity index (χ2n) is 6.66. The monoisotopic (exact) mass is 340 g/mol. The molecule has 0 saturated carbocycles. The largest absolute Gasteiger partial charge is 0.376 e. The number of aromatic nitrogens is 2. The highest BCUT2D eigenvalue weighted by Crippen LogP contribution is 2.19. The lowest BCUT2D eigenvalue weighted by atomic mass is 10.1. The van der Waals surface area contributed by atoms with Crippen LogP contribution in [0.5, 0.6) is 0 Å². The molecule has 0 unspecified atom stereocenters. The Bertz CT molecular complexity index is 719. The van der Waals surface area contributed by atoms with E-state index in [0.29, 0.717) is 37.9 Å². The first-order valence-corrected chi connectivity index (χ1v) is 8.63. The molecule has 1 aliphatic heterocycles. The Labute approximate surface area is 148 Å². The summed E-state index contributed by atoms with van der Waals surface area (Å²) in [5, 5.41) is 2.96. The fourth-order valence-corrected chi connectivity index (χ4v) is 2.86. The number of carbonyl (C=O) groups excluding carboxylic acids is 1. The fraction of sp³-hybridized carbons (Fsp3) is 0.421. The smallest absolute Gasteiger partial charge is 0.322 e. The molecule has 132 valence electrons. The van der Waals surface area contributed by atoms with Gasteiger partial charge in [0.25, 0.3) is 0 Å². The Kier molecular flexibility index (Phi) is 5.60. The summed E-state index contributed by atoms with van der Waals surface area (Å²) in [6.45, 7) is 6.58. The Morgan fingerprint density at radius 3 is 3.00 bits per heavy atom. The van der Waals surface area contributed by atoms with Crippen LogP contribution >= 0.6 is 0 Å². The van der Waals surface area contributed by atoms with Gasteiger partial charge in [-0.1, -0.05) is 19.9 Å². The molecule has 6 heteroatoms. The zero-order valence-corrected chi connectivity index (χ0v) is 14.7. The van der Waals surface area contributed by atoms with E-state index >= 15 is 0 Å². The summed E-state index contributed by atoms with van der Waals surface area (Å²) in [7, 11) is 0. The van der Waals surface area contributed by atoms with Gasteiger partial charge in [-0.3, -0.25) is 9.97 Å². The van der Waals surface area contributed by atoms with Gasteiger partial charge in [0, 0.05) is 30.4 Å². The molecule has 2 aromatic rings. The zero-order chi connectivity index (χ0) is 17.6. The van der Waals surface area contributed by atoms with Crippen molar-refractivity contribution in [1.29, 1.82) is 0 Å². The Morgan fingerprint density at radius 2 is 2.24 bits per heavy atom. The maximum absolute atomic E-state index is 12.7. The molecule has 0 spiro atoms. The minimum absolute atomic E-state index is 0.141. The highest BCUT2D eigenvalue weighted by Gasteiger charge is 2.18. The molecule has 3 rings (SSSR count). The molecular formula is C19H24N4O2. The van der Waals surface area contributed by atoms with Crippen LogP contribution in [-0.2, 0) is 24.3 Å². The first-order valence-electron chi connectivity index (χ1n) is 8.63. The highest BCUT2D eigenvalue weighted by atomic mass is 16.5. The van der Waals surface area contributed by atoms with Gasteiger partial charge in [-0.2, -0.15) is 0 Å². The van der Waals surface area contributed by atoms with E-state index in [1.807, 2.05) is 24.3 Å². The lowest BCUT2D eigenvalue weighted by molar-refractivity contribution is 0.109. The van der Waals surface area contributed by atoms with Crippen molar-refractivity contribution in [3.05, 3.63) is 53.6 Å². The third-order valence-electron chi connectivity index (χ3n) is 4.00. The van der Waals surface area contributed by atoms with E-state index in [2.05, 4.69) is 29.1 Å². The third kappa shape index (κ3) is 4.76. The van der Waals surface area contributed by atoms with Crippen LogP contribution in [-0.4, -0.2) is 34.1 Å². The van der Waals surface area contributed by atoms with Crippen LogP contribution in [0.4, 0.5) is 10.5 Å². The van der Waals surface area contributed by atoms with Gasteiger partial charge in [0.1, 0.15) is 0 Å². The van der Waals surface area contributed by atoms with Crippen molar-refractivity contribution in [2.24, 2.45) is 5.92 Å². The van der Waals surface area contributed by atoms with E-state index in [4.69, 9.17) is 4.74 Å². The predicted molar refractivity (Wildman–Crippen MR) is 96.1 cm³/mol. The van der Waals surface area contributed by atoms with Crippen molar-refractivity contribution in [3.63, 3.8) is 0 Å². The first kappa shape index (κ1) is 17.4. The maximum atomic E-state index is 12.7. The number of pyridine rings is 2. The van der Waals surface area contributed by atoms with Gasteiger partial charge in [0.05, 0.1) is 37.3 Å². The van der Waals surface area contributed by atoms with Crippen LogP contribution in [0.3, 0.4) is 0 Å². The number of rotatable bonds is 5. The molecule has 0 aliphatic carbocycles. The van der Waals surface area contributed by atoms with E-state index in [0.717, 1.165) is 23.4 Å². The van der Waals surface area contributed by atoms with Crippen molar-refractivity contribution in [2.45, 2.75) is 33.4 Å². The summed E-state index contributed by atoms with van der Waals surface area (Å²) in [5.41, 5.74) is 3.67. The van der Waals surface area contributed by atoms with Gasteiger partial charge in [0.2, 0.25) is 0 Å². The van der Waals surface area contributed by atoms with Gasteiger partial charge in [-0.15, -0.1) is 0 Å². The number of fused-ring (bicyclic) bond motifs is 1. The minimum atomic E-state index is -0.141. The number of anilines is 1. The third-order valence-corrected chi connectivity index (χ3v) is 4.00. The van der Waals surface area contributed by atoms with Crippen molar-refractivity contribution < 1.29 is 9.53 Å². The summed E-state index contributed by atoms with van der Waals surface area (Å²) >= 11 is 0. The summed E-state index contributed by atoms with van der Waals surface area (Å²) < 4.78 is 5.46. The molecule has 2 amide bonds. The molecule has 0 aromatic carbocycles. The maximum Gasteiger partial charge on any atom is 0.322 e. The zero-order valence-electron chi connectivity index (χ0n) is 14.7. The predicted octanol–water partition coefficient (Wildman–Crippen LogP) is 3.24. The molecule has 2 aromatic heterocycles. The minimum Gasteiger partial charge on any atom is -0.376 e. The van der Waals surface area contributed by atoms with E-state index < -0.39 is 0 Å². The van der Waals surface area contributed by atoms with Crippen LogP contribution in [0.2, 0.25) is 0 Å². The number of urea groups is 1. The highest BCUT2D eigenvalue weighted by molar-refractivity contribution is 5.89. The number of ether oxygens (including phenoxy) is 1. The lowest BCUT2D eigenvalue weighted by Crippen LogP contribution is -2.37. The lowest BCUT2D eigenvalue weighted by Gasteiger charge is -2.25. The van der Waals surface area contributed by atoms with Crippen LogP contribution in [0.15, 0.2) is 36.7 Å². The second kappa shape index (κ2) is 8.07. The van der Waals surface area contributed by atoms with Crippen molar-refractivity contribution >= 4 is 11.7 Å². The van der Waals surface area contributed by atoms with Crippen LogP contribution in [0, 0.1) is 5.92 Å². The molecular weight excluding hydrogens is 316 g/mol. The van der Waals surface area contributed by atoms with Crippen LogP contribution in [0.1, 0.15) is 30.8 Å². The van der Waals surface area contributed by atoms with Crippen LogP contribution < -0.4 is 5.32 Å². The number of carbonyl (C=O) groups is 1. The summed E-state index contributed by atoms with van der Waals surface area (Å²) in [6.07, 6.45) is 4.28. The quantitative estimate of drug-likeness (QED) is 0.907. The molecule has 6 nitrogen and oxygen atoms in total. The number of hydrogen-bond donors (Lipinski definition) is 1. The number of hydrogen-bond acceptors (Lipinski definition) is 4. The summed E-state index contributed by atoms with van der Waals surface area (Å²) in [5.74, 6) is 0.365. The molecule has 0 radical (unpaired) electrons. The molecule has 0 saturated heterocycles. The standard InChI is InChI=1S/C19H24N4O2/c1-14(2)11-23(12-16-5-3-4-7-20-16)19(24)22-17-9-15-13-25-8-6-18(15)21-10-17/h3-5,7,9-10,14H,6,8,11-13H2,1-2H3,(H,22,24). The molecule has 0 fully saturated rings. The van der Waals surface area contributed by atoms with Crippen molar-refractivity contribution in [1.82, 2.24) is 14.9 Å². The van der Waals surface area contributed by atoms with Crippen molar-refractivity contribution in [3.8, 4) is 0 Å². The molecule has 1 aliphatic rings. The number of amides is 2. The average molecular weight is 340 g/mol. The van der Waals surface area contributed by atoms with Gasteiger partial charge in [0.15, 0.2) is 0 Å². The van der Waals surface area contributed by atoms with E-state index in [1.165, 1.54) is 0 Å². The summed E-state index contributed by atoms with van der Waals surface area (Å²) in [4.78, 5) is 23.3. The first-order chi connectivity index (χ1) is 12.1. The summed E-state index contributed by atoms with van der Waals surface area (Å²) in [6, 6.07) is 7.54. The SMILES string of the molecule is CC(C)CN(Cc1ccccn1)C(=O)Nc1cnc2c(c1)COCC2. The van der Waals surface area contributed by atoms with Crippen molar-refractivity contribution in [2.75, 3.05) is 18.5 Å². The topological polar surface area (TPSA) is 67.4 Å². The Hall–Kier alpha value is -2.47. The van der Waals surface area contributed by atoms with E-state index in [1.54, 1.807) is 17.3 Å². The van der Waals surface area contributed by atoms with Gasteiger partial charge < -0.3 is 15.0 Å². The second-order valence-corrected chi connectivity index (χ2v) is 6.66. The van der Waals surface area contributed by atoms with E-state index in [-0.39, 0.29) is 6.03 Å². The molecule has 0 atom stereocenters. The fourth-order valence-electron chi connectivity index (χ4n) is 2.86. The molecule has 1 N–H and O–H groups in total. The van der Waals surface area contributed by atoms with E-state index in [9.17, 15) is 4.79 Å². The van der Waals surface area contributed by atoms with Gasteiger partial charge >= 0.3 is 6.03 Å².